The molecule has 1 rings (SSSR count). The molecule has 2 amide bonds. The molecule has 1 fully saturated rings. The summed E-state index contributed by atoms with van der Waals surface area (Å²) in [6.07, 6.45) is 1.43. The van der Waals surface area contributed by atoms with Crippen molar-refractivity contribution in [3.05, 3.63) is 0 Å². The van der Waals surface area contributed by atoms with Crippen LogP contribution < -0.4 is 5.32 Å². The van der Waals surface area contributed by atoms with Gasteiger partial charge in [-0.1, -0.05) is 27.7 Å². The molecule has 5 heteroatoms. The van der Waals surface area contributed by atoms with Gasteiger partial charge in [-0.05, 0) is 24.2 Å². The number of nitrogens with one attached hydrogen (secondary N) is 1. The van der Waals surface area contributed by atoms with E-state index in [1.807, 2.05) is 0 Å². The Kier molecular flexibility index (Phi) is 5.20. The fourth-order valence-electron chi connectivity index (χ4n) is 2.02. The number of urea groups is 1. The molecule has 0 aliphatic carbocycles. The third-order valence-corrected chi connectivity index (χ3v) is 4.10. The molecule has 0 aromatic heterocycles. The number of piperidine rings is 1. The molecule has 1 aliphatic heterocycles. The van der Waals surface area contributed by atoms with E-state index in [0.29, 0.717) is 32.0 Å². The number of likely N-dealkylation sites (tertiary alicyclic amines) is 1. The molecule has 5 nitrogen and oxygen atoms in total. The lowest BCUT2D eigenvalue weighted by atomic mass is 9.82. The Hall–Kier alpha value is -1.26. The summed E-state index contributed by atoms with van der Waals surface area (Å²) in [6.45, 7) is 10.1. The Morgan fingerprint density at radius 3 is 2.58 bits per heavy atom. The van der Waals surface area contributed by atoms with E-state index >= 15 is 0 Å². The molecule has 1 heterocycles. The number of amides is 2. The van der Waals surface area contributed by atoms with Gasteiger partial charge in [0.2, 0.25) is 0 Å². The average molecular weight is 270 g/mol. The van der Waals surface area contributed by atoms with Crippen LogP contribution in [0.1, 0.15) is 40.5 Å². The van der Waals surface area contributed by atoms with Crippen LogP contribution in [-0.4, -0.2) is 41.6 Å². The summed E-state index contributed by atoms with van der Waals surface area (Å²) in [5.74, 6) is -0.850. The van der Waals surface area contributed by atoms with Crippen LogP contribution in [0.5, 0.6) is 0 Å². The second-order valence-electron chi connectivity index (χ2n) is 6.58. The lowest BCUT2D eigenvalue weighted by Crippen LogP contribution is -2.48. The molecular weight excluding hydrogens is 244 g/mol. The summed E-state index contributed by atoms with van der Waals surface area (Å²) in [6, 6.07) is -0.137. The van der Waals surface area contributed by atoms with Crippen molar-refractivity contribution in [2.45, 2.75) is 40.5 Å². The molecule has 2 atom stereocenters. The van der Waals surface area contributed by atoms with Crippen molar-refractivity contribution in [3.8, 4) is 0 Å². The van der Waals surface area contributed by atoms with E-state index in [4.69, 9.17) is 5.11 Å². The molecule has 1 saturated heterocycles. The molecule has 110 valence electrons. The summed E-state index contributed by atoms with van der Waals surface area (Å²) in [5.41, 5.74) is 0.152. The Labute approximate surface area is 115 Å². The molecule has 19 heavy (non-hydrogen) atoms. The van der Waals surface area contributed by atoms with E-state index in [-0.39, 0.29) is 11.4 Å². The van der Waals surface area contributed by atoms with Crippen molar-refractivity contribution in [3.63, 3.8) is 0 Å². The zero-order valence-electron chi connectivity index (χ0n) is 12.4. The minimum absolute atomic E-state index is 0.137. The van der Waals surface area contributed by atoms with E-state index < -0.39 is 11.9 Å². The van der Waals surface area contributed by atoms with Crippen molar-refractivity contribution in [2.24, 2.45) is 17.3 Å². The second-order valence-corrected chi connectivity index (χ2v) is 6.58. The molecule has 2 N–H and O–H groups in total. The van der Waals surface area contributed by atoms with Gasteiger partial charge >= 0.3 is 12.0 Å². The third kappa shape index (κ3) is 4.73. The van der Waals surface area contributed by atoms with Crippen LogP contribution in [-0.2, 0) is 4.79 Å². The van der Waals surface area contributed by atoms with Crippen molar-refractivity contribution in [2.75, 3.05) is 19.6 Å². The molecular formula is C14H26N2O3. The lowest BCUT2D eigenvalue weighted by molar-refractivity contribution is -0.143. The zero-order chi connectivity index (χ0) is 14.6. The van der Waals surface area contributed by atoms with Gasteiger partial charge in [-0.25, -0.2) is 4.79 Å². The van der Waals surface area contributed by atoms with E-state index in [2.05, 4.69) is 33.0 Å². The highest BCUT2D eigenvalue weighted by atomic mass is 16.4. The van der Waals surface area contributed by atoms with Crippen LogP contribution in [0.15, 0.2) is 0 Å². The summed E-state index contributed by atoms with van der Waals surface area (Å²) >= 11 is 0. The first-order valence-corrected chi connectivity index (χ1v) is 6.97. The monoisotopic (exact) mass is 270 g/mol. The molecule has 0 aromatic rings. The lowest BCUT2D eigenvalue weighted by Gasteiger charge is -2.32. The number of carboxylic acid groups (broad SMARTS) is 1. The number of carbonyl (C=O) groups is 2. The molecule has 1 aliphatic rings. The number of nitrogens with zero attached hydrogens (tertiary/aromatic N) is 1. The largest absolute Gasteiger partial charge is 0.481 e. The number of rotatable bonds is 3. The van der Waals surface area contributed by atoms with E-state index in [0.717, 1.165) is 6.42 Å². The Morgan fingerprint density at radius 2 is 2.05 bits per heavy atom. The number of aliphatic carboxylic acids is 1. The normalized spacial score (nSPS) is 21.9. The Morgan fingerprint density at radius 1 is 1.42 bits per heavy atom. The van der Waals surface area contributed by atoms with Crippen LogP contribution in [0.3, 0.4) is 0 Å². The maximum absolute atomic E-state index is 12.0. The van der Waals surface area contributed by atoms with E-state index in [9.17, 15) is 9.59 Å². The van der Waals surface area contributed by atoms with Crippen molar-refractivity contribution >= 4 is 12.0 Å². The van der Waals surface area contributed by atoms with Crippen molar-refractivity contribution in [1.29, 1.82) is 0 Å². The minimum atomic E-state index is -0.805. The summed E-state index contributed by atoms with van der Waals surface area (Å²) in [5, 5.41) is 11.9. The van der Waals surface area contributed by atoms with Crippen LogP contribution >= 0.6 is 0 Å². The van der Waals surface area contributed by atoms with E-state index in [1.165, 1.54) is 0 Å². The predicted octanol–water partition coefficient (Wildman–Crippen LogP) is 2.17. The maximum Gasteiger partial charge on any atom is 0.317 e. The fraction of sp³-hybridized carbons (Fsp3) is 0.857. The first-order valence-electron chi connectivity index (χ1n) is 6.97. The fourth-order valence-corrected chi connectivity index (χ4v) is 2.02. The maximum atomic E-state index is 12.0. The highest BCUT2D eigenvalue weighted by molar-refractivity contribution is 5.76. The quantitative estimate of drug-likeness (QED) is 0.825. The molecule has 0 bridgehead atoms. The van der Waals surface area contributed by atoms with E-state index in [1.54, 1.807) is 4.90 Å². The van der Waals surface area contributed by atoms with Gasteiger partial charge in [0.05, 0.1) is 5.92 Å². The van der Waals surface area contributed by atoms with Crippen molar-refractivity contribution in [1.82, 2.24) is 10.2 Å². The topological polar surface area (TPSA) is 69.6 Å². The first kappa shape index (κ1) is 15.8. The first-order chi connectivity index (χ1) is 8.71. The summed E-state index contributed by atoms with van der Waals surface area (Å²) < 4.78 is 0. The number of carbonyl (C=O) groups excluding carboxylic acids is 1. The third-order valence-electron chi connectivity index (χ3n) is 4.10. The SMILES string of the molecule is CC(CNC(=O)N1CCC[C@@H](C(=O)O)C1)C(C)(C)C. The Balaban J connectivity index is 2.43. The van der Waals surface area contributed by atoms with Crippen LogP contribution in [0.25, 0.3) is 0 Å². The van der Waals surface area contributed by atoms with Crippen LogP contribution in [0.2, 0.25) is 0 Å². The van der Waals surface area contributed by atoms with Gasteiger partial charge in [0, 0.05) is 19.6 Å². The Bertz CT molecular complexity index is 336. The van der Waals surface area contributed by atoms with Gasteiger partial charge in [-0.15, -0.1) is 0 Å². The highest BCUT2D eigenvalue weighted by Crippen LogP contribution is 2.24. The molecule has 0 spiro atoms. The number of hydrogen-bond acceptors (Lipinski definition) is 2. The van der Waals surface area contributed by atoms with Crippen LogP contribution in [0, 0.1) is 17.3 Å². The van der Waals surface area contributed by atoms with Gasteiger partial charge in [-0.3, -0.25) is 4.79 Å². The molecule has 0 aromatic carbocycles. The smallest absolute Gasteiger partial charge is 0.317 e. The summed E-state index contributed by atoms with van der Waals surface area (Å²) in [7, 11) is 0. The summed E-state index contributed by atoms with van der Waals surface area (Å²) in [4.78, 5) is 24.6. The average Bonchev–Trinajstić information content (AvgIpc) is 2.34. The second kappa shape index (κ2) is 6.26. The standard InChI is InChI=1S/C14H26N2O3/c1-10(14(2,3)4)8-15-13(19)16-7-5-6-11(9-16)12(17)18/h10-11H,5-9H2,1-4H3,(H,15,19)(H,17,18)/t10?,11-/m1/s1. The van der Waals surface area contributed by atoms with Crippen molar-refractivity contribution < 1.29 is 14.7 Å². The zero-order valence-corrected chi connectivity index (χ0v) is 12.4. The van der Waals surface area contributed by atoms with Gasteiger partial charge < -0.3 is 15.3 Å². The molecule has 0 radical (unpaired) electrons. The highest BCUT2D eigenvalue weighted by Gasteiger charge is 2.28. The van der Waals surface area contributed by atoms with Gasteiger partial charge in [0.1, 0.15) is 0 Å². The predicted molar refractivity (Wildman–Crippen MR) is 74.0 cm³/mol. The molecule has 0 saturated carbocycles. The van der Waals surface area contributed by atoms with Gasteiger partial charge in [0.15, 0.2) is 0 Å². The van der Waals surface area contributed by atoms with Crippen LogP contribution in [0.4, 0.5) is 4.79 Å². The van der Waals surface area contributed by atoms with Gasteiger partial charge in [-0.2, -0.15) is 0 Å². The minimum Gasteiger partial charge on any atom is -0.481 e. The number of hydrogen-bond donors (Lipinski definition) is 2. The number of carboxylic acids is 1. The van der Waals surface area contributed by atoms with Gasteiger partial charge in [0.25, 0.3) is 0 Å². The molecule has 1 unspecified atom stereocenters.